The van der Waals surface area contributed by atoms with Gasteiger partial charge < -0.3 is 10.2 Å². The molecule has 0 radical (unpaired) electrons. The van der Waals surface area contributed by atoms with E-state index in [2.05, 4.69) is 0 Å². The normalized spacial score (nSPS) is 17.3. The molecule has 0 aliphatic rings. The van der Waals surface area contributed by atoms with E-state index in [1.807, 2.05) is 0 Å². The monoisotopic (exact) mass is 150 g/mol. The van der Waals surface area contributed by atoms with Crippen LogP contribution in [0, 0.1) is 0 Å². The van der Waals surface area contributed by atoms with E-state index in [1.165, 1.54) is 0 Å². The highest BCUT2D eigenvalue weighted by atomic mass is 32.2. The molecule has 0 spiro atoms. The van der Waals surface area contributed by atoms with E-state index in [9.17, 15) is 0 Å². The van der Waals surface area contributed by atoms with E-state index in [0.29, 0.717) is 11.5 Å². The Morgan fingerprint density at radius 1 is 1.11 bits per heavy atom. The van der Waals surface area contributed by atoms with Crippen LogP contribution < -0.4 is 0 Å². The van der Waals surface area contributed by atoms with Crippen LogP contribution in [0.1, 0.15) is 13.8 Å². The van der Waals surface area contributed by atoms with Crippen LogP contribution in [0.25, 0.3) is 0 Å². The molecule has 0 saturated heterocycles. The molecular formula is C6H14O2S. The maximum atomic E-state index is 8.76. The van der Waals surface area contributed by atoms with Crippen molar-refractivity contribution in [3.63, 3.8) is 0 Å². The van der Waals surface area contributed by atoms with Crippen molar-refractivity contribution in [2.24, 2.45) is 0 Å². The topological polar surface area (TPSA) is 40.5 Å². The second-order valence-corrected chi connectivity index (χ2v) is 3.31. The third-order valence-corrected chi connectivity index (χ3v) is 2.15. The van der Waals surface area contributed by atoms with Gasteiger partial charge in [-0.05, 0) is 13.8 Å². The number of hydrogen-bond acceptors (Lipinski definition) is 3. The Kier molecular flexibility index (Phi) is 5.24. The first kappa shape index (κ1) is 9.27. The molecule has 0 aromatic carbocycles. The summed E-state index contributed by atoms with van der Waals surface area (Å²) in [7, 11) is 0. The van der Waals surface area contributed by atoms with Gasteiger partial charge in [0, 0.05) is 11.5 Å². The molecule has 0 aliphatic heterocycles. The summed E-state index contributed by atoms with van der Waals surface area (Å²) in [5.74, 6) is 1.43. The summed E-state index contributed by atoms with van der Waals surface area (Å²) in [4.78, 5) is 0. The number of aliphatic hydroxyl groups is 2. The van der Waals surface area contributed by atoms with E-state index < -0.39 is 0 Å². The van der Waals surface area contributed by atoms with E-state index in [1.54, 1.807) is 25.6 Å². The van der Waals surface area contributed by atoms with Crippen LogP contribution in [0.5, 0.6) is 0 Å². The maximum Gasteiger partial charge on any atom is 0.0602 e. The Labute approximate surface area is 60.3 Å². The van der Waals surface area contributed by atoms with E-state index in [-0.39, 0.29) is 12.2 Å². The van der Waals surface area contributed by atoms with Gasteiger partial charge in [-0.2, -0.15) is 11.8 Å². The Bertz CT molecular complexity index is 56.1. The van der Waals surface area contributed by atoms with Crippen molar-refractivity contribution in [2.45, 2.75) is 26.1 Å². The maximum absolute atomic E-state index is 8.76. The molecule has 56 valence electrons. The predicted molar refractivity (Wildman–Crippen MR) is 40.7 cm³/mol. The number of rotatable bonds is 4. The van der Waals surface area contributed by atoms with Gasteiger partial charge in [0.1, 0.15) is 0 Å². The molecule has 2 N–H and O–H groups in total. The zero-order valence-corrected chi connectivity index (χ0v) is 6.69. The van der Waals surface area contributed by atoms with Crippen LogP contribution in [0.3, 0.4) is 0 Å². The van der Waals surface area contributed by atoms with E-state index in [4.69, 9.17) is 10.2 Å². The molecule has 0 heterocycles. The molecule has 9 heavy (non-hydrogen) atoms. The van der Waals surface area contributed by atoms with Crippen LogP contribution in [-0.4, -0.2) is 33.9 Å². The second kappa shape index (κ2) is 5.09. The first-order valence-electron chi connectivity index (χ1n) is 3.06. The van der Waals surface area contributed by atoms with E-state index in [0.717, 1.165) is 0 Å². The zero-order chi connectivity index (χ0) is 7.28. The smallest absolute Gasteiger partial charge is 0.0602 e. The van der Waals surface area contributed by atoms with Gasteiger partial charge in [0.2, 0.25) is 0 Å². The minimum atomic E-state index is -0.256. The molecule has 0 aromatic heterocycles. The standard InChI is InChI=1S/C6H14O2S/c1-5(7)3-9-4-6(2)8/h5-8H,3-4H2,1-2H3/t5-,6-/m1/s1. The zero-order valence-electron chi connectivity index (χ0n) is 5.87. The van der Waals surface area contributed by atoms with Gasteiger partial charge in [-0.15, -0.1) is 0 Å². The van der Waals surface area contributed by atoms with Gasteiger partial charge in [0.05, 0.1) is 12.2 Å². The summed E-state index contributed by atoms with van der Waals surface area (Å²) < 4.78 is 0. The minimum Gasteiger partial charge on any atom is -0.393 e. The molecule has 0 unspecified atom stereocenters. The Morgan fingerprint density at radius 2 is 1.44 bits per heavy atom. The van der Waals surface area contributed by atoms with Crippen molar-refractivity contribution in [2.75, 3.05) is 11.5 Å². The minimum absolute atomic E-state index is 0.256. The van der Waals surface area contributed by atoms with Gasteiger partial charge in [0.15, 0.2) is 0 Å². The average molecular weight is 150 g/mol. The van der Waals surface area contributed by atoms with Gasteiger partial charge in [-0.25, -0.2) is 0 Å². The van der Waals surface area contributed by atoms with Crippen LogP contribution in [0.2, 0.25) is 0 Å². The van der Waals surface area contributed by atoms with Crippen molar-refractivity contribution < 1.29 is 10.2 Å². The fourth-order valence-corrected chi connectivity index (χ4v) is 1.23. The average Bonchev–Trinajstić information content (AvgIpc) is 1.63. The van der Waals surface area contributed by atoms with Gasteiger partial charge in [0.25, 0.3) is 0 Å². The summed E-state index contributed by atoms with van der Waals surface area (Å²) in [5.41, 5.74) is 0. The Balaban J connectivity index is 2.91. The highest BCUT2D eigenvalue weighted by Crippen LogP contribution is 2.03. The molecule has 0 amide bonds. The quantitative estimate of drug-likeness (QED) is 0.612. The molecule has 0 fully saturated rings. The van der Waals surface area contributed by atoms with E-state index >= 15 is 0 Å². The predicted octanol–water partition coefficient (Wildman–Crippen LogP) is 0.481. The first-order chi connectivity index (χ1) is 4.13. The van der Waals surface area contributed by atoms with Crippen molar-refractivity contribution in [1.29, 1.82) is 0 Å². The highest BCUT2D eigenvalue weighted by Gasteiger charge is 1.98. The lowest BCUT2D eigenvalue weighted by molar-refractivity contribution is 0.215. The molecular weight excluding hydrogens is 136 g/mol. The highest BCUT2D eigenvalue weighted by molar-refractivity contribution is 7.99. The fraction of sp³-hybridized carbons (Fsp3) is 1.00. The van der Waals surface area contributed by atoms with Crippen molar-refractivity contribution in [3.05, 3.63) is 0 Å². The molecule has 0 saturated carbocycles. The molecule has 0 aromatic rings. The van der Waals surface area contributed by atoms with Crippen molar-refractivity contribution in [1.82, 2.24) is 0 Å². The molecule has 2 nitrogen and oxygen atoms in total. The van der Waals surface area contributed by atoms with Crippen molar-refractivity contribution >= 4 is 11.8 Å². The largest absolute Gasteiger partial charge is 0.393 e. The number of thioether (sulfide) groups is 1. The SMILES string of the molecule is C[C@@H](O)CSC[C@@H](C)O. The van der Waals surface area contributed by atoms with Crippen LogP contribution in [-0.2, 0) is 0 Å². The third kappa shape index (κ3) is 8.27. The molecule has 0 aliphatic carbocycles. The summed E-state index contributed by atoms with van der Waals surface area (Å²) in [5, 5.41) is 17.5. The summed E-state index contributed by atoms with van der Waals surface area (Å²) >= 11 is 1.57. The fourth-order valence-electron chi connectivity index (χ4n) is 0.409. The number of aliphatic hydroxyl groups excluding tert-OH is 2. The summed E-state index contributed by atoms with van der Waals surface area (Å²) in [6.45, 7) is 3.49. The summed E-state index contributed by atoms with van der Waals surface area (Å²) in [6.07, 6.45) is -0.512. The van der Waals surface area contributed by atoms with Crippen molar-refractivity contribution in [3.8, 4) is 0 Å². The lowest BCUT2D eigenvalue weighted by Crippen LogP contribution is -2.08. The van der Waals surface area contributed by atoms with Gasteiger partial charge in [-0.1, -0.05) is 0 Å². The number of hydrogen-bond donors (Lipinski definition) is 2. The first-order valence-corrected chi connectivity index (χ1v) is 4.22. The third-order valence-electron chi connectivity index (χ3n) is 0.718. The van der Waals surface area contributed by atoms with Crippen LogP contribution in [0.15, 0.2) is 0 Å². The second-order valence-electron chi connectivity index (χ2n) is 2.24. The Hall–Kier alpha value is 0.270. The Morgan fingerprint density at radius 3 is 1.67 bits per heavy atom. The molecule has 3 heteroatoms. The van der Waals surface area contributed by atoms with Gasteiger partial charge >= 0.3 is 0 Å². The molecule has 0 rings (SSSR count). The summed E-state index contributed by atoms with van der Waals surface area (Å²) in [6, 6.07) is 0. The van der Waals surface area contributed by atoms with Gasteiger partial charge in [-0.3, -0.25) is 0 Å². The van der Waals surface area contributed by atoms with Crippen LogP contribution >= 0.6 is 11.8 Å². The lowest BCUT2D eigenvalue weighted by atomic mass is 10.5. The molecule has 0 bridgehead atoms. The van der Waals surface area contributed by atoms with Crippen LogP contribution in [0.4, 0.5) is 0 Å². The lowest BCUT2D eigenvalue weighted by Gasteiger charge is -2.04. The molecule has 2 atom stereocenters.